The van der Waals surface area contributed by atoms with E-state index in [1.54, 1.807) is 12.1 Å². The van der Waals surface area contributed by atoms with Crippen molar-refractivity contribution in [2.24, 2.45) is 0 Å². The lowest BCUT2D eigenvalue weighted by Gasteiger charge is -2.11. The van der Waals surface area contributed by atoms with Crippen LogP contribution in [-0.2, 0) is 4.79 Å². The Labute approximate surface area is 147 Å². The maximum atomic E-state index is 12.0. The standard InChI is InChI=1S/C19H22ClNO3/c1-4-9-23-16-7-5-15(6-8-16)21-18(22)12-24-17-10-13(2)19(20)14(3)11-17/h5-8,10-11H,4,9,12H2,1-3H3,(H,21,22). The Balaban J connectivity index is 1.87. The quantitative estimate of drug-likeness (QED) is 0.785. The number of rotatable bonds is 7. The molecule has 1 amide bonds. The fraction of sp³-hybridized carbons (Fsp3) is 0.316. The fourth-order valence-corrected chi connectivity index (χ4v) is 2.30. The van der Waals surface area contributed by atoms with E-state index in [1.807, 2.05) is 38.1 Å². The molecule has 0 saturated heterocycles. The first-order chi connectivity index (χ1) is 11.5. The number of carbonyl (C=O) groups is 1. The van der Waals surface area contributed by atoms with Crippen molar-refractivity contribution in [2.75, 3.05) is 18.5 Å². The van der Waals surface area contributed by atoms with Crippen LogP contribution in [0.1, 0.15) is 24.5 Å². The molecule has 0 aliphatic heterocycles. The summed E-state index contributed by atoms with van der Waals surface area (Å²) < 4.78 is 11.0. The number of anilines is 1. The summed E-state index contributed by atoms with van der Waals surface area (Å²) in [5.74, 6) is 1.20. The van der Waals surface area contributed by atoms with Crippen LogP contribution in [0.25, 0.3) is 0 Å². The molecule has 128 valence electrons. The second-order valence-corrected chi connectivity index (χ2v) is 5.96. The lowest BCUT2D eigenvalue weighted by molar-refractivity contribution is -0.118. The minimum atomic E-state index is -0.220. The molecule has 1 N–H and O–H groups in total. The van der Waals surface area contributed by atoms with Crippen LogP contribution in [0.15, 0.2) is 36.4 Å². The molecule has 0 aromatic heterocycles. The average molecular weight is 348 g/mol. The van der Waals surface area contributed by atoms with Gasteiger partial charge in [-0.1, -0.05) is 18.5 Å². The van der Waals surface area contributed by atoms with E-state index in [0.29, 0.717) is 18.0 Å². The molecular weight excluding hydrogens is 326 g/mol. The smallest absolute Gasteiger partial charge is 0.262 e. The summed E-state index contributed by atoms with van der Waals surface area (Å²) in [7, 11) is 0. The normalized spacial score (nSPS) is 10.3. The van der Waals surface area contributed by atoms with Crippen LogP contribution in [0.5, 0.6) is 11.5 Å². The van der Waals surface area contributed by atoms with E-state index in [-0.39, 0.29) is 12.5 Å². The predicted molar refractivity (Wildman–Crippen MR) is 97.3 cm³/mol. The van der Waals surface area contributed by atoms with Gasteiger partial charge in [0, 0.05) is 10.7 Å². The lowest BCUT2D eigenvalue weighted by atomic mass is 10.1. The number of nitrogens with one attached hydrogen (secondary N) is 1. The summed E-state index contributed by atoms with van der Waals surface area (Å²) >= 11 is 6.12. The molecule has 24 heavy (non-hydrogen) atoms. The number of carbonyl (C=O) groups excluding carboxylic acids is 1. The van der Waals surface area contributed by atoms with E-state index in [9.17, 15) is 4.79 Å². The molecule has 0 bridgehead atoms. The van der Waals surface area contributed by atoms with E-state index in [4.69, 9.17) is 21.1 Å². The van der Waals surface area contributed by atoms with Gasteiger partial charge in [0.15, 0.2) is 6.61 Å². The highest BCUT2D eigenvalue weighted by Gasteiger charge is 2.07. The molecule has 2 aromatic rings. The zero-order valence-electron chi connectivity index (χ0n) is 14.2. The topological polar surface area (TPSA) is 47.6 Å². The molecule has 0 atom stereocenters. The zero-order chi connectivity index (χ0) is 17.5. The van der Waals surface area contributed by atoms with Crippen molar-refractivity contribution >= 4 is 23.2 Å². The maximum Gasteiger partial charge on any atom is 0.262 e. The first-order valence-corrected chi connectivity index (χ1v) is 8.29. The van der Waals surface area contributed by atoms with E-state index in [2.05, 4.69) is 12.2 Å². The van der Waals surface area contributed by atoms with Gasteiger partial charge in [-0.05, 0) is 67.8 Å². The molecule has 0 aliphatic rings. The summed E-state index contributed by atoms with van der Waals surface area (Å²) in [6.07, 6.45) is 0.958. The van der Waals surface area contributed by atoms with Gasteiger partial charge in [-0.15, -0.1) is 0 Å². The molecule has 0 aliphatic carbocycles. The Kier molecular flexibility index (Phi) is 6.50. The van der Waals surface area contributed by atoms with Crippen LogP contribution in [0.2, 0.25) is 5.02 Å². The Morgan fingerprint density at radius 2 is 1.67 bits per heavy atom. The van der Waals surface area contributed by atoms with Crippen molar-refractivity contribution in [2.45, 2.75) is 27.2 Å². The molecule has 0 radical (unpaired) electrons. The minimum absolute atomic E-state index is 0.0609. The third-order valence-electron chi connectivity index (χ3n) is 3.39. The van der Waals surface area contributed by atoms with Gasteiger partial charge in [-0.3, -0.25) is 4.79 Å². The molecule has 0 unspecified atom stereocenters. The lowest BCUT2D eigenvalue weighted by Crippen LogP contribution is -2.20. The number of benzene rings is 2. The number of amides is 1. The van der Waals surface area contributed by atoms with Gasteiger partial charge in [0.2, 0.25) is 0 Å². The molecule has 2 rings (SSSR count). The molecule has 4 nitrogen and oxygen atoms in total. The largest absolute Gasteiger partial charge is 0.494 e. The summed E-state index contributed by atoms with van der Waals surface area (Å²) in [6, 6.07) is 10.9. The molecule has 0 spiro atoms. The van der Waals surface area contributed by atoms with Crippen molar-refractivity contribution < 1.29 is 14.3 Å². The van der Waals surface area contributed by atoms with E-state index in [1.165, 1.54) is 0 Å². The van der Waals surface area contributed by atoms with Crippen molar-refractivity contribution in [3.8, 4) is 11.5 Å². The van der Waals surface area contributed by atoms with E-state index >= 15 is 0 Å². The van der Waals surface area contributed by atoms with Crippen LogP contribution >= 0.6 is 11.6 Å². The van der Waals surface area contributed by atoms with Crippen LogP contribution in [0, 0.1) is 13.8 Å². The summed E-state index contributed by atoms with van der Waals surface area (Å²) in [5, 5.41) is 3.51. The highest BCUT2D eigenvalue weighted by Crippen LogP contribution is 2.25. The second kappa shape index (κ2) is 8.60. The third kappa shape index (κ3) is 5.17. The molecule has 0 saturated carbocycles. The Bertz CT molecular complexity index is 675. The molecule has 0 heterocycles. The Morgan fingerprint density at radius 1 is 1.04 bits per heavy atom. The average Bonchev–Trinajstić information content (AvgIpc) is 2.57. The number of halogens is 1. The highest BCUT2D eigenvalue weighted by molar-refractivity contribution is 6.32. The van der Waals surface area contributed by atoms with E-state index in [0.717, 1.165) is 28.3 Å². The van der Waals surface area contributed by atoms with Crippen molar-refractivity contribution in [1.82, 2.24) is 0 Å². The van der Waals surface area contributed by atoms with Gasteiger partial charge < -0.3 is 14.8 Å². The van der Waals surface area contributed by atoms with Gasteiger partial charge in [0.25, 0.3) is 5.91 Å². The van der Waals surface area contributed by atoms with Crippen LogP contribution in [0.4, 0.5) is 5.69 Å². The molecule has 0 fully saturated rings. The van der Waals surface area contributed by atoms with Crippen molar-refractivity contribution in [3.05, 3.63) is 52.5 Å². The zero-order valence-corrected chi connectivity index (χ0v) is 14.9. The molecular formula is C19H22ClNO3. The minimum Gasteiger partial charge on any atom is -0.494 e. The SMILES string of the molecule is CCCOc1ccc(NC(=O)COc2cc(C)c(Cl)c(C)c2)cc1. The van der Waals surface area contributed by atoms with Gasteiger partial charge in [0.1, 0.15) is 11.5 Å². The Hall–Kier alpha value is -2.20. The van der Waals surface area contributed by atoms with Crippen LogP contribution < -0.4 is 14.8 Å². The maximum absolute atomic E-state index is 12.0. The molecule has 5 heteroatoms. The Morgan fingerprint density at radius 3 is 2.25 bits per heavy atom. The summed E-state index contributed by atoms with van der Waals surface area (Å²) in [5.41, 5.74) is 2.56. The van der Waals surface area contributed by atoms with E-state index < -0.39 is 0 Å². The third-order valence-corrected chi connectivity index (χ3v) is 3.99. The number of hydrogen-bond donors (Lipinski definition) is 1. The van der Waals surface area contributed by atoms with Crippen LogP contribution in [0.3, 0.4) is 0 Å². The van der Waals surface area contributed by atoms with Gasteiger partial charge >= 0.3 is 0 Å². The van der Waals surface area contributed by atoms with Gasteiger partial charge in [0.05, 0.1) is 6.61 Å². The number of ether oxygens (including phenoxy) is 2. The van der Waals surface area contributed by atoms with Crippen LogP contribution in [-0.4, -0.2) is 19.1 Å². The van der Waals surface area contributed by atoms with Crippen molar-refractivity contribution in [1.29, 1.82) is 0 Å². The van der Waals surface area contributed by atoms with Gasteiger partial charge in [-0.25, -0.2) is 0 Å². The number of aryl methyl sites for hydroxylation is 2. The van der Waals surface area contributed by atoms with Gasteiger partial charge in [-0.2, -0.15) is 0 Å². The molecule has 2 aromatic carbocycles. The monoisotopic (exact) mass is 347 g/mol. The number of hydrogen-bond acceptors (Lipinski definition) is 3. The highest BCUT2D eigenvalue weighted by atomic mass is 35.5. The van der Waals surface area contributed by atoms with Crippen molar-refractivity contribution in [3.63, 3.8) is 0 Å². The fourth-order valence-electron chi connectivity index (χ4n) is 2.19. The first-order valence-electron chi connectivity index (χ1n) is 7.92. The summed E-state index contributed by atoms with van der Waals surface area (Å²) in [4.78, 5) is 12.0. The first kappa shape index (κ1) is 18.1. The predicted octanol–water partition coefficient (Wildman–Crippen LogP) is 4.76. The second-order valence-electron chi connectivity index (χ2n) is 5.58. The summed E-state index contributed by atoms with van der Waals surface area (Å²) in [6.45, 7) is 6.49.